The molecule has 0 atom stereocenters. The Balaban J connectivity index is 1.57. The van der Waals surface area contributed by atoms with Gasteiger partial charge in [-0.3, -0.25) is 4.79 Å². The summed E-state index contributed by atoms with van der Waals surface area (Å²) in [6, 6.07) is 11.8. The predicted molar refractivity (Wildman–Crippen MR) is 104 cm³/mol. The van der Waals surface area contributed by atoms with Gasteiger partial charge in [-0.2, -0.15) is 13.2 Å². The molecule has 146 valence electrons. The predicted octanol–water partition coefficient (Wildman–Crippen LogP) is 5.27. The highest BCUT2D eigenvalue weighted by Crippen LogP contribution is 2.30. The average Bonchev–Trinajstić information content (AvgIpc) is 3.04. The number of aromatic nitrogens is 1. The second kappa shape index (κ2) is 7.22. The highest BCUT2D eigenvalue weighted by Gasteiger charge is 2.27. The van der Waals surface area contributed by atoms with Gasteiger partial charge in [0.15, 0.2) is 0 Å². The summed E-state index contributed by atoms with van der Waals surface area (Å²) in [5, 5.41) is 6.10. The highest BCUT2D eigenvalue weighted by atomic mass is 19.4. The van der Waals surface area contributed by atoms with Gasteiger partial charge in [-0.15, -0.1) is 0 Å². The van der Waals surface area contributed by atoms with E-state index in [0.29, 0.717) is 11.3 Å². The van der Waals surface area contributed by atoms with E-state index in [-0.39, 0.29) is 11.6 Å². The van der Waals surface area contributed by atoms with Crippen molar-refractivity contribution in [3.05, 3.63) is 59.3 Å². The Bertz CT molecular complexity index is 1020. The first-order valence-corrected chi connectivity index (χ1v) is 9.25. The van der Waals surface area contributed by atoms with Crippen molar-refractivity contribution in [1.82, 2.24) is 4.98 Å². The molecule has 1 aliphatic rings. The van der Waals surface area contributed by atoms with Gasteiger partial charge in [-0.1, -0.05) is 12.1 Å². The number of fused-ring (bicyclic) bond motifs is 3. The van der Waals surface area contributed by atoms with Crippen molar-refractivity contribution in [2.45, 2.75) is 31.9 Å². The normalized spacial score (nSPS) is 14.0. The van der Waals surface area contributed by atoms with Crippen molar-refractivity contribution in [3.63, 3.8) is 0 Å². The van der Waals surface area contributed by atoms with Crippen molar-refractivity contribution in [3.8, 4) is 0 Å². The third kappa shape index (κ3) is 3.83. The van der Waals surface area contributed by atoms with Crippen LogP contribution in [0.2, 0.25) is 0 Å². The molecule has 2 aromatic carbocycles. The van der Waals surface area contributed by atoms with Gasteiger partial charge in [0.25, 0.3) is 5.91 Å². The van der Waals surface area contributed by atoms with Crippen molar-refractivity contribution in [2.75, 3.05) is 17.2 Å². The van der Waals surface area contributed by atoms with Crippen LogP contribution in [-0.2, 0) is 12.8 Å². The van der Waals surface area contributed by atoms with E-state index in [0.717, 1.165) is 36.6 Å². The Morgan fingerprint density at radius 3 is 2.57 bits per heavy atom. The molecule has 3 aromatic rings. The lowest BCUT2D eigenvalue weighted by Crippen LogP contribution is -2.22. The van der Waals surface area contributed by atoms with Crippen molar-refractivity contribution >= 4 is 28.2 Å². The second-order valence-corrected chi connectivity index (χ2v) is 7.02. The molecule has 4 nitrogen and oxygen atoms in total. The first kappa shape index (κ1) is 18.4. The number of benzene rings is 2. The van der Waals surface area contributed by atoms with Gasteiger partial charge in [-0.05, 0) is 61.6 Å². The van der Waals surface area contributed by atoms with Crippen LogP contribution in [0.5, 0.6) is 0 Å². The second-order valence-electron chi connectivity index (χ2n) is 7.02. The van der Waals surface area contributed by atoms with Crippen LogP contribution in [0.4, 0.5) is 24.5 Å². The van der Waals surface area contributed by atoms with Gasteiger partial charge in [-0.25, -0.2) is 0 Å². The Hall–Kier alpha value is -2.96. The van der Waals surface area contributed by atoms with Gasteiger partial charge >= 0.3 is 6.18 Å². The molecule has 1 aromatic heterocycles. The molecule has 7 heteroatoms. The lowest BCUT2D eigenvalue weighted by atomic mass is 9.95. The minimum atomic E-state index is -4.34. The Kier molecular flexibility index (Phi) is 4.75. The maximum absolute atomic E-state index is 12.7. The molecule has 3 N–H and O–H groups in total. The third-order valence-corrected chi connectivity index (χ3v) is 5.01. The number of carbonyl (C=O) groups excluding carboxylic acids is 1. The molecule has 0 saturated heterocycles. The summed E-state index contributed by atoms with van der Waals surface area (Å²) in [6.07, 6.45) is -0.0343. The Labute approximate surface area is 160 Å². The number of H-pyrrole nitrogens is 1. The van der Waals surface area contributed by atoms with Crippen LogP contribution in [0.1, 0.15) is 34.5 Å². The minimum absolute atomic E-state index is 0.230. The fraction of sp³-hybridized carbons (Fsp3) is 0.286. The van der Waals surface area contributed by atoms with Gasteiger partial charge in [0.05, 0.1) is 11.4 Å². The minimum Gasteiger partial charge on any atom is -0.375 e. The molecule has 4 rings (SSSR count). The van der Waals surface area contributed by atoms with Crippen LogP contribution in [0.25, 0.3) is 10.9 Å². The molecule has 1 amide bonds. The average molecular weight is 387 g/mol. The Morgan fingerprint density at radius 2 is 1.79 bits per heavy atom. The van der Waals surface area contributed by atoms with Crippen LogP contribution in [0.3, 0.4) is 0 Å². The molecular weight excluding hydrogens is 367 g/mol. The van der Waals surface area contributed by atoms with Gasteiger partial charge < -0.3 is 15.6 Å². The molecule has 0 radical (unpaired) electrons. The summed E-state index contributed by atoms with van der Waals surface area (Å²) in [5.41, 5.74) is 4.53. The number of amides is 1. The topological polar surface area (TPSA) is 56.9 Å². The Morgan fingerprint density at radius 1 is 1.04 bits per heavy atom. The lowest BCUT2D eigenvalue weighted by molar-refractivity contribution is -0.115. The summed E-state index contributed by atoms with van der Waals surface area (Å²) < 4.78 is 37.5. The van der Waals surface area contributed by atoms with Gasteiger partial charge in [0.1, 0.15) is 6.54 Å². The molecule has 0 fully saturated rings. The van der Waals surface area contributed by atoms with E-state index >= 15 is 0 Å². The number of rotatable bonds is 4. The van der Waals surface area contributed by atoms with Gasteiger partial charge in [0.2, 0.25) is 0 Å². The zero-order chi connectivity index (χ0) is 19.7. The summed E-state index contributed by atoms with van der Waals surface area (Å²) in [5.74, 6) is -0.353. The van der Waals surface area contributed by atoms with E-state index in [1.807, 2.05) is 12.1 Å². The highest BCUT2D eigenvalue weighted by molar-refractivity contribution is 6.08. The number of hydrogen-bond acceptors (Lipinski definition) is 2. The van der Waals surface area contributed by atoms with E-state index in [1.165, 1.54) is 17.3 Å². The third-order valence-electron chi connectivity index (χ3n) is 5.01. The zero-order valence-corrected chi connectivity index (χ0v) is 15.1. The maximum atomic E-state index is 12.7. The standard InChI is InChI=1S/C21H20F3N3O/c22-21(23,24)12-25-18-7-3-4-8-19(18)27-20(28)13-9-10-17-15(11-13)14-5-1-2-6-16(14)26-17/h3-4,7-11,25-26H,1-2,5-6,12H2,(H,27,28). The number of aromatic amines is 1. The van der Waals surface area contributed by atoms with Crippen LogP contribution in [0, 0.1) is 0 Å². The smallest absolute Gasteiger partial charge is 0.375 e. The van der Waals surface area contributed by atoms with Crippen LogP contribution in [0.15, 0.2) is 42.5 Å². The van der Waals surface area contributed by atoms with Crippen molar-refractivity contribution in [2.24, 2.45) is 0 Å². The van der Waals surface area contributed by atoms with E-state index in [2.05, 4.69) is 15.6 Å². The fourth-order valence-corrected chi connectivity index (χ4v) is 3.68. The number of hydrogen-bond donors (Lipinski definition) is 3. The molecule has 0 saturated carbocycles. The zero-order valence-electron chi connectivity index (χ0n) is 15.1. The number of carbonyl (C=O) groups is 1. The molecule has 0 spiro atoms. The summed E-state index contributed by atoms with van der Waals surface area (Å²) >= 11 is 0. The quantitative estimate of drug-likeness (QED) is 0.571. The summed E-state index contributed by atoms with van der Waals surface area (Å²) in [7, 11) is 0. The number of para-hydroxylation sites is 2. The molecule has 0 bridgehead atoms. The van der Waals surface area contributed by atoms with Crippen molar-refractivity contribution in [1.29, 1.82) is 0 Å². The van der Waals surface area contributed by atoms with E-state index < -0.39 is 12.7 Å². The summed E-state index contributed by atoms with van der Waals surface area (Å²) in [4.78, 5) is 16.2. The van der Waals surface area contributed by atoms with Crippen LogP contribution >= 0.6 is 0 Å². The molecule has 1 aliphatic carbocycles. The number of anilines is 2. The molecule has 0 unspecified atom stereocenters. The maximum Gasteiger partial charge on any atom is 0.405 e. The largest absolute Gasteiger partial charge is 0.405 e. The van der Waals surface area contributed by atoms with Crippen LogP contribution < -0.4 is 10.6 Å². The van der Waals surface area contributed by atoms with Gasteiger partial charge in [0, 0.05) is 22.2 Å². The first-order valence-electron chi connectivity index (χ1n) is 9.25. The number of aryl methyl sites for hydroxylation is 2. The fourth-order valence-electron chi connectivity index (χ4n) is 3.68. The van der Waals surface area contributed by atoms with E-state index in [1.54, 1.807) is 24.3 Å². The van der Waals surface area contributed by atoms with E-state index in [4.69, 9.17) is 0 Å². The molecule has 1 heterocycles. The van der Waals surface area contributed by atoms with Crippen molar-refractivity contribution < 1.29 is 18.0 Å². The van der Waals surface area contributed by atoms with E-state index in [9.17, 15) is 18.0 Å². The molecular formula is C21H20F3N3O. The monoisotopic (exact) mass is 387 g/mol. The molecule has 0 aliphatic heterocycles. The lowest BCUT2D eigenvalue weighted by Gasteiger charge is -2.14. The number of halogens is 3. The summed E-state index contributed by atoms with van der Waals surface area (Å²) in [6.45, 7) is -1.17. The number of nitrogens with one attached hydrogen (secondary N) is 3. The molecule has 28 heavy (non-hydrogen) atoms. The number of alkyl halides is 3. The van der Waals surface area contributed by atoms with Crippen LogP contribution in [-0.4, -0.2) is 23.6 Å². The first-order chi connectivity index (χ1) is 13.4. The SMILES string of the molecule is O=C(Nc1ccccc1NCC(F)(F)F)c1ccc2[nH]c3c(c2c1)CCCC3.